The van der Waals surface area contributed by atoms with Gasteiger partial charge in [-0.3, -0.25) is 4.79 Å². The first-order chi connectivity index (χ1) is 7.56. The zero-order chi connectivity index (χ0) is 12.1. The van der Waals surface area contributed by atoms with Crippen molar-refractivity contribution in [2.75, 3.05) is 13.1 Å². The van der Waals surface area contributed by atoms with Crippen LogP contribution in [0.25, 0.3) is 0 Å². The number of carboxylic acid groups (broad SMARTS) is 1. The Bertz CT molecular complexity index is 317. The number of carboxylic acids is 1. The van der Waals surface area contributed by atoms with Gasteiger partial charge in [0.1, 0.15) is 6.04 Å². The van der Waals surface area contributed by atoms with Crippen molar-refractivity contribution in [3.63, 3.8) is 0 Å². The minimum absolute atomic E-state index is 0.266. The molecule has 0 aromatic rings. The molecule has 1 amide bonds. The molecule has 90 valence electrons. The number of rotatable bonds is 5. The molecule has 0 saturated carbocycles. The van der Waals surface area contributed by atoms with Crippen molar-refractivity contribution < 1.29 is 14.7 Å². The molecule has 3 N–H and O–H groups in total. The molecule has 1 aliphatic rings. The largest absolute Gasteiger partial charge is 0.480 e. The Kier molecular flexibility index (Phi) is 4.49. The number of amides is 1. The maximum Gasteiger partial charge on any atom is 0.326 e. The topological polar surface area (TPSA) is 78.4 Å². The number of nitrogens with one attached hydrogen (secondary N) is 2. The molecule has 0 radical (unpaired) electrons. The third-order valence-electron chi connectivity index (χ3n) is 2.73. The van der Waals surface area contributed by atoms with E-state index < -0.39 is 12.0 Å². The lowest BCUT2D eigenvalue weighted by molar-refractivity contribution is -0.141. The molecule has 16 heavy (non-hydrogen) atoms. The summed E-state index contributed by atoms with van der Waals surface area (Å²) in [6, 6.07) is -0.777. The first kappa shape index (κ1) is 12.7. The molecule has 0 aliphatic carbocycles. The van der Waals surface area contributed by atoms with E-state index in [-0.39, 0.29) is 5.91 Å². The van der Waals surface area contributed by atoms with Crippen LogP contribution in [0.3, 0.4) is 0 Å². The Morgan fingerprint density at radius 1 is 1.50 bits per heavy atom. The number of hydrogen-bond acceptors (Lipinski definition) is 3. The average molecular weight is 226 g/mol. The molecule has 1 heterocycles. The van der Waals surface area contributed by atoms with Gasteiger partial charge in [0.15, 0.2) is 0 Å². The minimum Gasteiger partial charge on any atom is -0.480 e. The van der Waals surface area contributed by atoms with Gasteiger partial charge >= 0.3 is 5.97 Å². The molecule has 0 bridgehead atoms. The van der Waals surface area contributed by atoms with Crippen LogP contribution in [0.2, 0.25) is 0 Å². The molecule has 5 heteroatoms. The lowest BCUT2D eigenvalue weighted by Gasteiger charge is -2.22. The van der Waals surface area contributed by atoms with Crippen molar-refractivity contribution in [2.24, 2.45) is 0 Å². The Morgan fingerprint density at radius 2 is 2.12 bits per heavy atom. The van der Waals surface area contributed by atoms with Crippen molar-refractivity contribution in [3.8, 4) is 0 Å². The first-order valence-corrected chi connectivity index (χ1v) is 5.49. The number of aliphatic carboxylic acids is 1. The summed E-state index contributed by atoms with van der Waals surface area (Å²) < 4.78 is 0. The second-order valence-electron chi connectivity index (χ2n) is 3.99. The van der Waals surface area contributed by atoms with E-state index in [1.54, 1.807) is 6.92 Å². The van der Waals surface area contributed by atoms with Gasteiger partial charge in [-0.15, -0.1) is 0 Å². The highest BCUT2D eigenvalue weighted by molar-refractivity contribution is 5.96. The number of carbonyl (C=O) groups is 2. The number of hydrogen-bond donors (Lipinski definition) is 3. The summed E-state index contributed by atoms with van der Waals surface area (Å²) in [7, 11) is 0. The Balaban J connectivity index is 2.57. The fraction of sp³-hybridized carbons (Fsp3) is 0.636. The van der Waals surface area contributed by atoms with E-state index in [1.807, 2.05) is 6.92 Å². The molecule has 1 rings (SSSR count). The van der Waals surface area contributed by atoms with Gasteiger partial charge in [-0.2, -0.15) is 0 Å². The average Bonchev–Trinajstić information content (AvgIpc) is 2.13. The van der Waals surface area contributed by atoms with Gasteiger partial charge in [-0.05, 0) is 18.9 Å². The molecule has 1 fully saturated rings. The molecule has 0 unspecified atom stereocenters. The standard InChI is InChI=1S/C11H18N2O3/c1-3-4-9(11(15)16)13-10(14)7(2)8-5-12-6-8/h9,12H,3-6H2,1-2H3,(H,13,14)(H,15,16)/t9-/m0/s1. The predicted octanol–water partition coefficient (Wildman–Crippen LogP) is 0.276. The molecular formula is C11H18N2O3. The summed E-state index contributed by atoms with van der Waals surface area (Å²) in [6.45, 7) is 5.08. The quantitative estimate of drug-likeness (QED) is 0.588. The van der Waals surface area contributed by atoms with Crippen molar-refractivity contribution in [2.45, 2.75) is 32.7 Å². The van der Waals surface area contributed by atoms with E-state index >= 15 is 0 Å². The molecule has 1 saturated heterocycles. The Labute approximate surface area is 94.9 Å². The van der Waals surface area contributed by atoms with Crippen LogP contribution in [0.15, 0.2) is 11.1 Å². The van der Waals surface area contributed by atoms with Crippen LogP contribution in [0.4, 0.5) is 0 Å². The number of carbonyl (C=O) groups excluding carboxylic acids is 1. The first-order valence-electron chi connectivity index (χ1n) is 5.49. The SMILES string of the molecule is CCC[C@H](NC(=O)C(C)=C1CNC1)C(=O)O. The van der Waals surface area contributed by atoms with Crippen LogP contribution in [0.5, 0.6) is 0 Å². The molecule has 1 aliphatic heterocycles. The van der Waals surface area contributed by atoms with Crippen LogP contribution in [-0.2, 0) is 9.59 Å². The zero-order valence-electron chi connectivity index (χ0n) is 9.67. The van der Waals surface area contributed by atoms with Gasteiger partial charge in [0.05, 0.1) is 0 Å². The van der Waals surface area contributed by atoms with E-state index in [0.717, 1.165) is 25.1 Å². The molecule has 1 atom stereocenters. The van der Waals surface area contributed by atoms with Crippen LogP contribution in [-0.4, -0.2) is 36.1 Å². The van der Waals surface area contributed by atoms with E-state index in [4.69, 9.17) is 5.11 Å². The van der Waals surface area contributed by atoms with E-state index in [2.05, 4.69) is 10.6 Å². The third kappa shape index (κ3) is 3.06. The fourth-order valence-electron chi connectivity index (χ4n) is 1.49. The Hall–Kier alpha value is -1.36. The smallest absolute Gasteiger partial charge is 0.326 e. The van der Waals surface area contributed by atoms with Crippen molar-refractivity contribution in [3.05, 3.63) is 11.1 Å². The summed E-state index contributed by atoms with van der Waals surface area (Å²) in [6.07, 6.45) is 1.19. The van der Waals surface area contributed by atoms with Crippen LogP contribution in [0, 0.1) is 0 Å². The summed E-state index contributed by atoms with van der Waals surface area (Å²) >= 11 is 0. The fourth-order valence-corrected chi connectivity index (χ4v) is 1.49. The van der Waals surface area contributed by atoms with Crippen molar-refractivity contribution in [1.82, 2.24) is 10.6 Å². The molecule has 0 aromatic heterocycles. The van der Waals surface area contributed by atoms with Crippen LogP contribution >= 0.6 is 0 Å². The third-order valence-corrected chi connectivity index (χ3v) is 2.73. The second-order valence-corrected chi connectivity index (χ2v) is 3.99. The van der Waals surface area contributed by atoms with E-state index in [0.29, 0.717) is 12.0 Å². The van der Waals surface area contributed by atoms with Crippen LogP contribution in [0.1, 0.15) is 26.7 Å². The maximum absolute atomic E-state index is 11.7. The van der Waals surface area contributed by atoms with Gasteiger partial charge in [0.2, 0.25) is 5.91 Å². The summed E-state index contributed by atoms with van der Waals surface area (Å²) in [5.74, 6) is -1.24. The summed E-state index contributed by atoms with van der Waals surface area (Å²) in [5, 5.41) is 14.5. The lowest BCUT2D eigenvalue weighted by Crippen LogP contribution is -2.43. The van der Waals surface area contributed by atoms with Gasteiger partial charge in [-0.1, -0.05) is 13.3 Å². The second kappa shape index (κ2) is 5.65. The highest BCUT2D eigenvalue weighted by Crippen LogP contribution is 2.09. The molecule has 0 spiro atoms. The monoisotopic (exact) mass is 226 g/mol. The molecule has 5 nitrogen and oxygen atoms in total. The highest BCUT2D eigenvalue weighted by Gasteiger charge is 2.22. The zero-order valence-corrected chi connectivity index (χ0v) is 9.67. The van der Waals surface area contributed by atoms with Crippen molar-refractivity contribution in [1.29, 1.82) is 0 Å². The van der Waals surface area contributed by atoms with E-state index in [1.165, 1.54) is 0 Å². The summed E-state index contributed by atoms with van der Waals surface area (Å²) in [5.41, 5.74) is 1.69. The Morgan fingerprint density at radius 3 is 2.50 bits per heavy atom. The summed E-state index contributed by atoms with van der Waals surface area (Å²) in [4.78, 5) is 22.6. The predicted molar refractivity (Wildman–Crippen MR) is 60.0 cm³/mol. The van der Waals surface area contributed by atoms with Gasteiger partial charge < -0.3 is 15.7 Å². The lowest BCUT2D eigenvalue weighted by atomic mass is 10.0. The van der Waals surface area contributed by atoms with Crippen molar-refractivity contribution >= 4 is 11.9 Å². The normalized spacial score (nSPS) is 16.2. The maximum atomic E-state index is 11.7. The van der Waals surface area contributed by atoms with E-state index in [9.17, 15) is 9.59 Å². The van der Waals surface area contributed by atoms with Gasteiger partial charge in [-0.25, -0.2) is 4.79 Å². The minimum atomic E-state index is -0.972. The molecule has 0 aromatic carbocycles. The molecular weight excluding hydrogens is 208 g/mol. The van der Waals surface area contributed by atoms with Gasteiger partial charge in [0.25, 0.3) is 0 Å². The van der Waals surface area contributed by atoms with Gasteiger partial charge in [0, 0.05) is 18.7 Å². The van der Waals surface area contributed by atoms with Crippen LogP contribution < -0.4 is 10.6 Å². The highest BCUT2D eigenvalue weighted by atomic mass is 16.4.